The number of nitrogens with one attached hydrogen (secondary N) is 1. The molecule has 4 aromatic heterocycles. The van der Waals surface area contributed by atoms with Crippen LogP contribution in [-0.4, -0.2) is 56.5 Å². The summed E-state index contributed by atoms with van der Waals surface area (Å²) in [5, 5.41) is 7.74. The fourth-order valence-corrected chi connectivity index (χ4v) is 3.68. The highest BCUT2D eigenvalue weighted by Crippen LogP contribution is 2.36. The lowest BCUT2D eigenvalue weighted by molar-refractivity contribution is 0.101. The summed E-state index contributed by atoms with van der Waals surface area (Å²) in [5.74, 6) is 2.40. The molecular formula is C26H24N8O5. The van der Waals surface area contributed by atoms with Crippen LogP contribution in [-0.2, 0) is 0 Å². The van der Waals surface area contributed by atoms with Crippen molar-refractivity contribution in [1.82, 2.24) is 29.7 Å². The normalized spacial score (nSPS) is 10.7. The van der Waals surface area contributed by atoms with Crippen molar-refractivity contribution in [3.8, 4) is 34.7 Å². The highest BCUT2D eigenvalue weighted by molar-refractivity contribution is 6.04. The van der Waals surface area contributed by atoms with Crippen LogP contribution in [0, 0.1) is 0 Å². The number of ether oxygens (including phenoxy) is 4. The number of nitrogen functional groups attached to an aromatic ring is 1. The van der Waals surface area contributed by atoms with Gasteiger partial charge in [0.2, 0.25) is 0 Å². The summed E-state index contributed by atoms with van der Waals surface area (Å²) in [6.45, 7) is 2.14. The highest BCUT2D eigenvalue weighted by Gasteiger charge is 2.20. The Morgan fingerprint density at radius 1 is 0.949 bits per heavy atom. The van der Waals surface area contributed by atoms with Crippen molar-refractivity contribution in [3.05, 3.63) is 67.0 Å². The zero-order valence-corrected chi connectivity index (χ0v) is 21.3. The number of amides is 1. The molecule has 1 aromatic carbocycles. The lowest BCUT2D eigenvalue weighted by atomic mass is 10.2. The van der Waals surface area contributed by atoms with Crippen LogP contribution in [0.15, 0.2) is 61.3 Å². The molecule has 198 valence electrons. The molecule has 4 heterocycles. The maximum atomic E-state index is 13.0. The second-order valence-corrected chi connectivity index (χ2v) is 8.00. The molecule has 13 nitrogen and oxygen atoms in total. The van der Waals surface area contributed by atoms with E-state index < -0.39 is 5.91 Å². The molecule has 5 aromatic rings. The third-order valence-electron chi connectivity index (χ3n) is 5.47. The van der Waals surface area contributed by atoms with Gasteiger partial charge in [0, 0.05) is 17.6 Å². The average molecular weight is 529 g/mol. The molecule has 0 aliphatic rings. The average Bonchev–Trinajstić information content (AvgIpc) is 3.38. The number of nitrogens with zero attached hydrogens (tertiary/aromatic N) is 6. The van der Waals surface area contributed by atoms with E-state index in [1.807, 2.05) is 0 Å². The third kappa shape index (κ3) is 5.32. The van der Waals surface area contributed by atoms with Crippen molar-refractivity contribution in [3.63, 3.8) is 0 Å². The molecule has 1 amide bonds. The molecule has 0 radical (unpaired) electrons. The van der Waals surface area contributed by atoms with Gasteiger partial charge in [0.1, 0.15) is 17.3 Å². The number of pyridine rings is 2. The minimum atomic E-state index is -0.519. The third-order valence-corrected chi connectivity index (χ3v) is 5.47. The molecule has 0 saturated carbocycles. The van der Waals surface area contributed by atoms with Crippen LogP contribution < -0.4 is 30.0 Å². The maximum Gasteiger partial charge on any atom is 0.281 e. The smallest absolute Gasteiger partial charge is 0.281 e. The second kappa shape index (κ2) is 10.9. The van der Waals surface area contributed by atoms with Crippen LogP contribution >= 0.6 is 0 Å². The van der Waals surface area contributed by atoms with Gasteiger partial charge in [-0.1, -0.05) is 0 Å². The van der Waals surface area contributed by atoms with Crippen LogP contribution in [0.5, 0.6) is 28.7 Å². The van der Waals surface area contributed by atoms with E-state index in [0.717, 1.165) is 5.39 Å². The molecule has 5 rings (SSSR count). The van der Waals surface area contributed by atoms with Crippen LogP contribution in [0.4, 0.5) is 11.5 Å². The van der Waals surface area contributed by atoms with E-state index in [1.54, 1.807) is 57.7 Å². The Morgan fingerprint density at radius 2 is 1.72 bits per heavy atom. The van der Waals surface area contributed by atoms with Crippen molar-refractivity contribution < 1.29 is 23.7 Å². The van der Waals surface area contributed by atoms with Gasteiger partial charge in [0.05, 0.1) is 56.8 Å². The predicted molar refractivity (Wildman–Crippen MR) is 142 cm³/mol. The van der Waals surface area contributed by atoms with Crippen molar-refractivity contribution in [2.45, 2.75) is 6.92 Å². The minimum absolute atomic E-state index is 0.0482. The van der Waals surface area contributed by atoms with E-state index >= 15 is 0 Å². The monoisotopic (exact) mass is 528 g/mol. The number of methoxy groups -OCH3 is 2. The van der Waals surface area contributed by atoms with Crippen LogP contribution in [0.2, 0.25) is 0 Å². The fraction of sp³-hybridized carbons (Fsp3) is 0.154. The predicted octanol–water partition coefficient (Wildman–Crippen LogP) is 3.65. The van der Waals surface area contributed by atoms with Crippen LogP contribution in [0.1, 0.15) is 17.4 Å². The second-order valence-electron chi connectivity index (χ2n) is 8.00. The summed E-state index contributed by atoms with van der Waals surface area (Å²) in [6.07, 6.45) is 7.54. The summed E-state index contributed by atoms with van der Waals surface area (Å²) in [6, 6.07) is 8.60. The van der Waals surface area contributed by atoms with Crippen molar-refractivity contribution in [2.75, 3.05) is 31.9 Å². The number of aromatic nitrogens is 6. The summed E-state index contributed by atoms with van der Waals surface area (Å²) in [7, 11) is 3.12. The van der Waals surface area contributed by atoms with Gasteiger partial charge in [-0.05, 0) is 31.2 Å². The molecule has 0 aliphatic carbocycles. The summed E-state index contributed by atoms with van der Waals surface area (Å²) in [5.41, 5.74) is 6.78. The fourth-order valence-electron chi connectivity index (χ4n) is 3.68. The SMILES string of the molecule is CCOc1cn(-c2ncc(N)cn2)nc1C(=O)Nc1ccc(Oc2ccnc3cc(OC)c(OC)cc23)cn1. The van der Waals surface area contributed by atoms with Gasteiger partial charge < -0.3 is 30.0 Å². The number of rotatable bonds is 9. The Kier molecular flexibility index (Phi) is 7.03. The van der Waals surface area contributed by atoms with E-state index in [-0.39, 0.29) is 17.4 Å². The van der Waals surface area contributed by atoms with Crippen LogP contribution in [0.3, 0.4) is 0 Å². The zero-order chi connectivity index (χ0) is 27.4. The lowest BCUT2D eigenvalue weighted by Gasteiger charge is -2.12. The molecule has 39 heavy (non-hydrogen) atoms. The number of hydrogen-bond acceptors (Lipinski definition) is 11. The Labute approximate surface area is 222 Å². The van der Waals surface area contributed by atoms with Gasteiger partial charge in [-0.15, -0.1) is 0 Å². The molecule has 13 heteroatoms. The van der Waals surface area contributed by atoms with Crippen LogP contribution in [0.25, 0.3) is 16.9 Å². The molecule has 0 spiro atoms. The Balaban J connectivity index is 1.34. The number of anilines is 2. The largest absolute Gasteiger partial charge is 0.493 e. The number of carbonyl (C=O) groups is 1. The van der Waals surface area contributed by atoms with Gasteiger partial charge in [-0.2, -0.15) is 5.10 Å². The molecule has 0 unspecified atom stereocenters. The zero-order valence-electron chi connectivity index (χ0n) is 21.3. The van der Waals surface area contributed by atoms with E-state index in [0.29, 0.717) is 46.6 Å². The maximum absolute atomic E-state index is 13.0. The number of hydrogen-bond donors (Lipinski definition) is 2. The van der Waals surface area contributed by atoms with E-state index in [9.17, 15) is 4.79 Å². The Hall–Kier alpha value is -5.46. The number of fused-ring (bicyclic) bond motifs is 1. The molecule has 0 saturated heterocycles. The van der Waals surface area contributed by atoms with E-state index in [2.05, 4.69) is 30.4 Å². The van der Waals surface area contributed by atoms with Gasteiger partial charge in [-0.3, -0.25) is 9.78 Å². The topological polar surface area (TPSA) is 161 Å². The van der Waals surface area contributed by atoms with E-state index in [1.165, 1.54) is 29.5 Å². The number of benzene rings is 1. The first-order chi connectivity index (χ1) is 19.0. The standard InChI is InChI=1S/C26H24N8O5/c1-4-38-22-14-34(26-30-11-15(27)12-31-26)33-24(22)25(35)32-23-6-5-16(13-29-23)39-19-7-8-28-18-10-21(37-3)20(36-2)9-17(18)19/h5-14H,4,27H2,1-3H3,(H,29,32,35). The summed E-state index contributed by atoms with van der Waals surface area (Å²) in [4.78, 5) is 29.9. The first-order valence-electron chi connectivity index (χ1n) is 11.8. The van der Waals surface area contributed by atoms with Crippen molar-refractivity contribution in [2.24, 2.45) is 0 Å². The Bertz CT molecular complexity index is 1620. The first-order valence-corrected chi connectivity index (χ1v) is 11.8. The van der Waals surface area contributed by atoms with Gasteiger partial charge in [0.15, 0.2) is 22.9 Å². The van der Waals surface area contributed by atoms with Crippen molar-refractivity contribution >= 4 is 28.3 Å². The first kappa shape index (κ1) is 25.2. The van der Waals surface area contributed by atoms with Crippen molar-refractivity contribution in [1.29, 1.82) is 0 Å². The number of nitrogens with two attached hydrogens (primary N) is 1. The molecule has 0 bridgehead atoms. The number of carbonyl (C=O) groups excluding carboxylic acids is 1. The molecule has 0 fully saturated rings. The summed E-state index contributed by atoms with van der Waals surface area (Å²) < 4.78 is 23.7. The highest BCUT2D eigenvalue weighted by atomic mass is 16.5. The van der Waals surface area contributed by atoms with E-state index in [4.69, 9.17) is 24.7 Å². The minimum Gasteiger partial charge on any atom is -0.493 e. The molecular weight excluding hydrogens is 504 g/mol. The lowest BCUT2D eigenvalue weighted by Crippen LogP contribution is -2.15. The molecule has 3 N–H and O–H groups in total. The molecule has 0 aliphatic heterocycles. The Morgan fingerprint density at radius 3 is 2.41 bits per heavy atom. The quantitative estimate of drug-likeness (QED) is 0.287. The van der Waals surface area contributed by atoms with Gasteiger partial charge in [-0.25, -0.2) is 19.6 Å². The summed E-state index contributed by atoms with van der Waals surface area (Å²) >= 11 is 0. The molecule has 0 atom stereocenters. The van der Waals surface area contributed by atoms with Gasteiger partial charge in [0.25, 0.3) is 11.9 Å². The van der Waals surface area contributed by atoms with Gasteiger partial charge >= 0.3 is 0 Å².